The molecule has 0 fully saturated rings. The Hall–Kier alpha value is -4.26. The van der Waals surface area contributed by atoms with Crippen LogP contribution in [0.4, 0.5) is 8.78 Å². The molecule has 7 heteroatoms. The van der Waals surface area contributed by atoms with E-state index in [9.17, 15) is 18.4 Å². The highest BCUT2D eigenvalue weighted by Gasteiger charge is 2.29. The Morgan fingerprint density at radius 3 is 2.25 bits per heavy atom. The third kappa shape index (κ3) is 4.77. The van der Waals surface area contributed by atoms with Gasteiger partial charge in [-0.15, -0.1) is 0 Å². The van der Waals surface area contributed by atoms with Crippen molar-refractivity contribution in [1.29, 1.82) is 0 Å². The van der Waals surface area contributed by atoms with Crippen LogP contribution in [0.25, 0.3) is 22.3 Å². The molecule has 36 heavy (non-hydrogen) atoms. The second-order valence-corrected chi connectivity index (χ2v) is 8.59. The molecule has 3 aromatic carbocycles. The van der Waals surface area contributed by atoms with Crippen molar-refractivity contribution in [1.82, 2.24) is 9.88 Å². The van der Waals surface area contributed by atoms with Gasteiger partial charge in [-0.2, -0.15) is 0 Å². The van der Waals surface area contributed by atoms with Crippen molar-refractivity contribution in [3.05, 3.63) is 101 Å². The monoisotopic (exact) mass is 488 g/mol. The third-order valence-electron chi connectivity index (χ3n) is 5.95. The summed E-state index contributed by atoms with van der Waals surface area (Å²) in [5.74, 6) is -1.21. The number of amides is 1. The second kappa shape index (κ2) is 10.6. The van der Waals surface area contributed by atoms with Crippen molar-refractivity contribution in [2.24, 2.45) is 0 Å². The summed E-state index contributed by atoms with van der Waals surface area (Å²) in [6.07, 6.45) is 0.729. The van der Waals surface area contributed by atoms with E-state index in [4.69, 9.17) is 4.74 Å². The van der Waals surface area contributed by atoms with Crippen LogP contribution >= 0.6 is 0 Å². The highest BCUT2D eigenvalue weighted by Crippen LogP contribution is 2.41. The summed E-state index contributed by atoms with van der Waals surface area (Å²) in [5, 5.41) is 2.90. The van der Waals surface area contributed by atoms with Crippen molar-refractivity contribution >= 4 is 12.2 Å². The lowest BCUT2D eigenvalue weighted by atomic mass is 9.94. The van der Waals surface area contributed by atoms with Crippen LogP contribution in [0.1, 0.15) is 46.4 Å². The minimum atomic E-state index is -0.493. The molecule has 0 spiro atoms. The summed E-state index contributed by atoms with van der Waals surface area (Å²) in [6.45, 7) is 3.89. The predicted octanol–water partition coefficient (Wildman–Crippen LogP) is 6.43. The van der Waals surface area contributed by atoms with Crippen molar-refractivity contribution in [3.8, 4) is 28.0 Å². The maximum Gasteiger partial charge on any atom is 0.268 e. The highest BCUT2D eigenvalue weighted by atomic mass is 19.1. The Morgan fingerprint density at radius 2 is 1.64 bits per heavy atom. The molecule has 0 saturated carbocycles. The molecule has 1 heterocycles. The van der Waals surface area contributed by atoms with Gasteiger partial charge in [-0.05, 0) is 54.8 Å². The van der Waals surface area contributed by atoms with Gasteiger partial charge in [-0.3, -0.25) is 9.59 Å². The molecule has 184 valence electrons. The predicted molar refractivity (Wildman–Crippen MR) is 135 cm³/mol. The Balaban J connectivity index is 1.88. The summed E-state index contributed by atoms with van der Waals surface area (Å²) in [4.78, 5) is 26.1. The number of nitrogens with one attached hydrogen (secondary N) is 1. The van der Waals surface area contributed by atoms with Gasteiger partial charge >= 0.3 is 0 Å². The van der Waals surface area contributed by atoms with Crippen molar-refractivity contribution < 1.29 is 23.1 Å². The van der Waals surface area contributed by atoms with Crippen LogP contribution in [0.5, 0.6) is 5.75 Å². The number of halogens is 2. The lowest BCUT2D eigenvalue weighted by molar-refractivity contribution is 0.0940. The van der Waals surface area contributed by atoms with Gasteiger partial charge in [0.2, 0.25) is 0 Å². The van der Waals surface area contributed by atoms with E-state index in [1.165, 1.54) is 31.4 Å². The van der Waals surface area contributed by atoms with Crippen LogP contribution < -0.4 is 10.1 Å². The molecular weight excluding hydrogens is 462 g/mol. The molecule has 1 amide bonds. The van der Waals surface area contributed by atoms with Crippen molar-refractivity contribution in [2.45, 2.75) is 26.4 Å². The standard InChI is InChI=1S/C29H26F2N2O3/c1-18(2)33-24(17-34)26(21-10-12-22(30)13-11-21)27(20-7-5-4-6-8-20)28(33)29(35)32-16-19-9-14-23(31)25(15-19)36-3/h4-15,17-18H,16H2,1-3H3,(H,32,35). The first-order chi connectivity index (χ1) is 17.3. The molecule has 0 radical (unpaired) electrons. The number of benzene rings is 3. The smallest absolute Gasteiger partial charge is 0.268 e. The fraction of sp³-hybridized carbons (Fsp3) is 0.172. The van der Waals surface area contributed by atoms with Gasteiger partial charge < -0.3 is 14.6 Å². The van der Waals surface area contributed by atoms with Gasteiger partial charge in [0.1, 0.15) is 11.5 Å². The topological polar surface area (TPSA) is 60.3 Å². The van der Waals surface area contributed by atoms with E-state index >= 15 is 0 Å². The minimum Gasteiger partial charge on any atom is -0.494 e. The molecular formula is C29H26F2N2O3. The molecule has 0 saturated heterocycles. The Kier molecular flexibility index (Phi) is 7.29. The summed E-state index contributed by atoms with van der Waals surface area (Å²) in [5.41, 5.74) is 3.78. The summed E-state index contributed by atoms with van der Waals surface area (Å²) < 4.78 is 34.3. The van der Waals surface area contributed by atoms with E-state index in [0.717, 1.165) is 11.8 Å². The van der Waals surface area contributed by atoms with Gasteiger partial charge in [-0.25, -0.2) is 8.78 Å². The fourth-order valence-electron chi connectivity index (χ4n) is 4.36. The number of carbonyl (C=O) groups is 2. The van der Waals surface area contributed by atoms with Crippen LogP contribution in [0.3, 0.4) is 0 Å². The summed E-state index contributed by atoms with van der Waals surface area (Å²) in [7, 11) is 1.38. The zero-order valence-electron chi connectivity index (χ0n) is 20.2. The fourth-order valence-corrected chi connectivity index (χ4v) is 4.36. The Bertz CT molecular complexity index is 1390. The number of ether oxygens (including phenoxy) is 1. The molecule has 0 unspecified atom stereocenters. The van der Waals surface area contributed by atoms with Gasteiger partial charge in [0.05, 0.1) is 12.8 Å². The number of methoxy groups -OCH3 is 1. The first-order valence-electron chi connectivity index (χ1n) is 11.5. The molecule has 0 atom stereocenters. The van der Waals surface area contributed by atoms with Gasteiger partial charge in [-0.1, -0.05) is 48.5 Å². The van der Waals surface area contributed by atoms with E-state index < -0.39 is 17.5 Å². The quantitative estimate of drug-likeness (QED) is 0.291. The second-order valence-electron chi connectivity index (χ2n) is 8.59. The van der Waals surface area contributed by atoms with Gasteiger partial charge in [0.15, 0.2) is 17.9 Å². The van der Waals surface area contributed by atoms with Crippen LogP contribution in [-0.2, 0) is 6.54 Å². The molecule has 0 aliphatic carbocycles. The normalized spacial score (nSPS) is 10.9. The SMILES string of the molecule is COc1cc(CNC(=O)c2c(-c3ccccc3)c(-c3ccc(F)cc3)c(C=O)n2C(C)C)ccc1F. The van der Waals surface area contributed by atoms with Gasteiger partial charge in [0, 0.05) is 23.7 Å². The molecule has 1 N–H and O–H groups in total. The van der Waals surface area contributed by atoms with Crippen LogP contribution in [-0.4, -0.2) is 23.9 Å². The maximum absolute atomic E-state index is 13.8. The van der Waals surface area contributed by atoms with Crippen molar-refractivity contribution in [2.75, 3.05) is 7.11 Å². The summed E-state index contributed by atoms with van der Waals surface area (Å²) >= 11 is 0. The lowest BCUT2D eigenvalue weighted by Gasteiger charge is -2.16. The number of hydrogen-bond acceptors (Lipinski definition) is 3. The molecule has 0 bridgehead atoms. The highest BCUT2D eigenvalue weighted by molar-refractivity contribution is 6.08. The van der Waals surface area contributed by atoms with Crippen molar-refractivity contribution in [3.63, 3.8) is 0 Å². The average molecular weight is 489 g/mol. The molecule has 1 aromatic heterocycles. The number of nitrogens with zero attached hydrogens (tertiary/aromatic N) is 1. The first kappa shape index (κ1) is 24.9. The van der Waals surface area contributed by atoms with E-state index in [1.807, 2.05) is 44.2 Å². The molecule has 0 aliphatic rings. The average Bonchev–Trinajstić information content (AvgIpc) is 3.24. The largest absolute Gasteiger partial charge is 0.494 e. The molecule has 0 aliphatic heterocycles. The van der Waals surface area contributed by atoms with E-state index in [2.05, 4.69) is 5.32 Å². The van der Waals surface area contributed by atoms with Crippen LogP contribution in [0.2, 0.25) is 0 Å². The first-order valence-corrected chi connectivity index (χ1v) is 11.5. The third-order valence-corrected chi connectivity index (χ3v) is 5.95. The number of aldehydes is 1. The maximum atomic E-state index is 13.8. The van der Waals surface area contributed by atoms with Crippen LogP contribution in [0, 0.1) is 11.6 Å². The molecule has 5 nitrogen and oxygen atoms in total. The Morgan fingerprint density at radius 1 is 0.972 bits per heavy atom. The van der Waals surface area contributed by atoms with Gasteiger partial charge in [0.25, 0.3) is 5.91 Å². The zero-order valence-corrected chi connectivity index (χ0v) is 20.2. The summed E-state index contributed by atoms with van der Waals surface area (Å²) in [6, 6.07) is 19.3. The minimum absolute atomic E-state index is 0.0825. The number of hydrogen-bond donors (Lipinski definition) is 1. The number of aromatic nitrogens is 1. The lowest BCUT2D eigenvalue weighted by Crippen LogP contribution is -2.27. The number of rotatable bonds is 8. The zero-order chi connectivity index (χ0) is 25.8. The van der Waals surface area contributed by atoms with Crippen LogP contribution in [0.15, 0.2) is 72.8 Å². The Labute approximate surface area is 208 Å². The number of carbonyl (C=O) groups excluding carboxylic acids is 2. The molecule has 4 rings (SSSR count). The van der Waals surface area contributed by atoms with E-state index in [0.29, 0.717) is 33.6 Å². The molecule has 4 aromatic rings. The van der Waals surface area contributed by atoms with E-state index in [-0.39, 0.29) is 18.3 Å². The van der Waals surface area contributed by atoms with E-state index in [1.54, 1.807) is 22.8 Å².